The van der Waals surface area contributed by atoms with Crippen molar-refractivity contribution in [1.82, 2.24) is 4.98 Å². The maximum Gasteiger partial charge on any atom is 0.491 e. The van der Waals surface area contributed by atoms with E-state index in [-0.39, 0.29) is 16.4 Å². The third kappa shape index (κ3) is 4.89. The number of alkyl halides is 3. The smallest absolute Gasteiger partial charge is 0.400 e. The van der Waals surface area contributed by atoms with E-state index < -0.39 is 30.1 Å². The maximum atomic E-state index is 12.9. The Morgan fingerprint density at radius 2 is 1.81 bits per heavy atom. The summed E-state index contributed by atoms with van der Waals surface area (Å²) in [6.45, 7) is 8.96. The molecule has 0 N–H and O–H groups in total. The van der Waals surface area contributed by atoms with Crippen LogP contribution in [-0.2, 0) is 20.3 Å². The van der Waals surface area contributed by atoms with Crippen LogP contribution in [0.1, 0.15) is 45.7 Å². The lowest BCUT2D eigenvalue weighted by Crippen LogP contribution is -2.41. The van der Waals surface area contributed by atoms with Gasteiger partial charge in [0.1, 0.15) is 0 Å². The summed E-state index contributed by atoms with van der Waals surface area (Å²) in [6.07, 6.45) is -0.829. The second-order valence-electron chi connectivity index (χ2n) is 7.09. The summed E-state index contributed by atoms with van der Waals surface area (Å²) in [5.41, 5.74) is -1.18. The molecular formula is C17H21BF3NO3S. The van der Waals surface area contributed by atoms with Gasteiger partial charge in [-0.2, -0.15) is 13.2 Å². The van der Waals surface area contributed by atoms with Crippen molar-refractivity contribution in [3.8, 4) is 0 Å². The highest BCUT2D eigenvalue weighted by molar-refractivity contribution is 8.13. The fraction of sp³-hybridized carbons (Fsp3) is 0.529. The predicted octanol–water partition coefficient (Wildman–Crippen LogP) is 4.39. The molecule has 0 aliphatic carbocycles. The number of carbonyl (C=O) groups excluding carboxylic acids is 1. The third-order valence-corrected chi connectivity index (χ3v) is 5.32. The van der Waals surface area contributed by atoms with E-state index in [4.69, 9.17) is 9.31 Å². The quantitative estimate of drug-likeness (QED) is 0.717. The molecule has 2 heterocycles. The number of aromatic nitrogens is 1. The van der Waals surface area contributed by atoms with Crippen molar-refractivity contribution in [2.75, 3.05) is 5.75 Å². The van der Waals surface area contributed by atoms with Gasteiger partial charge in [0.2, 0.25) is 0 Å². The van der Waals surface area contributed by atoms with Gasteiger partial charge in [-0.25, -0.2) is 0 Å². The molecule has 26 heavy (non-hydrogen) atoms. The topological polar surface area (TPSA) is 48.4 Å². The summed E-state index contributed by atoms with van der Waals surface area (Å²) < 4.78 is 50.7. The standard InChI is InChI=1S/C17H21BF3NO3S/c1-11(23)26-10-14(18-24-15(2,3)16(4,5)25-18)7-12-6-13(9-22-8-12)17(19,20)21/h6-9H,10H2,1-5H3. The highest BCUT2D eigenvalue weighted by Gasteiger charge is 2.52. The number of nitrogens with zero attached hydrogens (tertiary/aromatic N) is 1. The van der Waals surface area contributed by atoms with E-state index in [1.54, 1.807) is 6.08 Å². The summed E-state index contributed by atoms with van der Waals surface area (Å²) in [5, 5.41) is -0.102. The SMILES string of the molecule is CC(=O)SCC(=Cc1cncc(C(F)(F)F)c1)B1OC(C)(C)C(C)(C)O1. The number of halogens is 3. The molecule has 4 nitrogen and oxygen atoms in total. The van der Waals surface area contributed by atoms with Crippen LogP contribution < -0.4 is 0 Å². The lowest BCUT2D eigenvalue weighted by atomic mass is 9.78. The Kier molecular flexibility index (Phi) is 5.94. The van der Waals surface area contributed by atoms with Crippen LogP contribution >= 0.6 is 11.8 Å². The van der Waals surface area contributed by atoms with Crippen LogP contribution in [0.15, 0.2) is 23.9 Å². The average molecular weight is 387 g/mol. The lowest BCUT2D eigenvalue weighted by Gasteiger charge is -2.32. The van der Waals surface area contributed by atoms with Gasteiger partial charge in [0.15, 0.2) is 5.12 Å². The predicted molar refractivity (Wildman–Crippen MR) is 96.4 cm³/mol. The molecule has 1 fully saturated rings. The van der Waals surface area contributed by atoms with Gasteiger partial charge in [0.05, 0.1) is 16.8 Å². The maximum absolute atomic E-state index is 12.9. The second kappa shape index (κ2) is 7.36. The van der Waals surface area contributed by atoms with Gasteiger partial charge in [-0.05, 0) is 44.8 Å². The first-order chi connectivity index (χ1) is 11.8. The number of thioether (sulfide) groups is 1. The van der Waals surface area contributed by atoms with Crippen LogP contribution in [0.3, 0.4) is 0 Å². The Morgan fingerprint density at radius 1 is 1.23 bits per heavy atom. The van der Waals surface area contributed by atoms with Crippen molar-refractivity contribution >= 4 is 30.1 Å². The average Bonchev–Trinajstić information content (AvgIpc) is 2.71. The van der Waals surface area contributed by atoms with Crippen LogP contribution in [0.5, 0.6) is 0 Å². The van der Waals surface area contributed by atoms with Crippen LogP contribution in [0.25, 0.3) is 6.08 Å². The van der Waals surface area contributed by atoms with Gasteiger partial charge in [-0.15, -0.1) is 0 Å². The van der Waals surface area contributed by atoms with Crippen LogP contribution in [0.2, 0.25) is 0 Å². The van der Waals surface area contributed by atoms with Gasteiger partial charge in [0, 0.05) is 25.1 Å². The van der Waals surface area contributed by atoms with Crippen LogP contribution in [-0.4, -0.2) is 34.2 Å². The molecular weight excluding hydrogens is 366 g/mol. The minimum absolute atomic E-state index is 0.102. The van der Waals surface area contributed by atoms with Gasteiger partial charge in [-0.3, -0.25) is 9.78 Å². The number of rotatable bonds is 4. The Balaban J connectivity index is 2.37. The zero-order chi connectivity index (χ0) is 19.8. The molecule has 9 heteroatoms. The highest BCUT2D eigenvalue weighted by Crippen LogP contribution is 2.39. The Labute approximate surface area is 155 Å². The molecule has 1 aliphatic heterocycles. The van der Waals surface area contributed by atoms with E-state index in [2.05, 4.69) is 4.98 Å². The fourth-order valence-corrected chi connectivity index (χ4v) is 2.85. The molecule has 142 valence electrons. The summed E-state index contributed by atoms with van der Waals surface area (Å²) in [7, 11) is -0.749. The van der Waals surface area contributed by atoms with Gasteiger partial charge in [-0.1, -0.05) is 17.8 Å². The molecule has 0 amide bonds. The molecule has 0 spiro atoms. The van der Waals surface area contributed by atoms with Crippen LogP contribution in [0.4, 0.5) is 13.2 Å². The summed E-state index contributed by atoms with van der Waals surface area (Å²) in [4.78, 5) is 15.0. The van der Waals surface area contributed by atoms with E-state index >= 15 is 0 Å². The summed E-state index contributed by atoms with van der Waals surface area (Å²) in [6, 6.07) is 1.01. The Bertz CT molecular complexity index is 703. The molecule has 1 saturated heterocycles. The first-order valence-corrected chi connectivity index (χ1v) is 9.02. The van der Waals surface area contributed by atoms with E-state index in [0.717, 1.165) is 24.0 Å². The first-order valence-electron chi connectivity index (χ1n) is 8.03. The number of pyridine rings is 1. The van der Waals surface area contributed by atoms with Crippen molar-refractivity contribution in [2.24, 2.45) is 0 Å². The molecule has 1 aromatic rings. The normalized spacial score (nSPS) is 19.7. The monoisotopic (exact) mass is 387 g/mol. The van der Waals surface area contributed by atoms with Crippen molar-refractivity contribution in [3.05, 3.63) is 35.1 Å². The van der Waals surface area contributed by atoms with Gasteiger partial charge < -0.3 is 9.31 Å². The molecule has 0 bridgehead atoms. The van der Waals surface area contributed by atoms with E-state index in [1.807, 2.05) is 27.7 Å². The molecule has 1 aromatic heterocycles. The number of hydrogen-bond donors (Lipinski definition) is 0. The van der Waals surface area contributed by atoms with E-state index in [9.17, 15) is 18.0 Å². The van der Waals surface area contributed by atoms with Crippen molar-refractivity contribution in [3.63, 3.8) is 0 Å². The van der Waals surface area contributed by atoms with E-state index in [1.165, 1.54) is 13.1 Å². The molecule has 0 atom stereocenters. The van der Waals surface area contributed by atoms with Gasteiger partial charge >= 0.3 is 13.3 Å². The van der Waals surface area contributed by atoms with Crippen molar-refractivity contribution in [1.29, 1.82) is 0 Å². The molecule has 1 aliphatic rings. The second-order valence-corrected chi connectivity index (χ2v) is 8.24. The molecule has 0 radical (unpaired) electrons. The Morgan fingerprint density at radius 3 is 2.31 bits per heavy atom. The zero-order valence-corrected chi connectivity index (χ0v) is 16.1. The third-order valence-electron chi connectivity index (χ3n) is 4.44. The van der Waals surface area contributed by atoms with Gasteiger partial charge in [0.25, 0.3) is 0 Å². The minimum Gasteiger partial charge on any atom is -0.400 e. The molecule has 2 rings (SSSR count). The summed E-state index contributed by atoms with van der Waals surface area (Å²) >= 11 is 1.05. The largest absolute Gasteiger partial charge is 0.491 e. The van der Waals surface area contributed by atoms with Crippen molar-refractivity contribution in [2.45, 2.75) is 52.0 Å². The van der Waals surface area contributed by atoms with Crippen LogP contribution in [0, 0.1) is 0 Å². The fourth-order valence-electron chi connectivity index (χ4n) is 2.26. The number of hydrogen-bond acceptors (Lipinski definition) is 5. The van der Waals surface area contributed by atoms with Crippen molar-refractivity contribution < 1.29 is 27.3 Å². The highest BCUT2D eigenvalue weighted by atomic mass is 32.2. The zero-order valence-electron chi connectivity index (χ0n) is 15.3. The molecule has 0 saturated carbocycles. The molecule has 0 aromatic carbocycles. The minimum atomic E-state index is -4.48. The Hall–Kier alpha value is -1.32. The van der Waals surface area contributed by atoms with E-state index in [0.29, 0.717) is 5.47 Å². The first kappa shape index (κ1) is 21.0. The molecule has 0 unspecified atom stereocenters. The summed E-state index contributed by atoms with van der Waals surface area (Å²) in [5.74, 6) is 0.252. The number of carbonyl (C=O) groups is 1. The lowest BCUT2D eigenvalue weighted by molar-refractivity contribution is -0.137.